The van der Waals surface area contributed by atoms with Gasteiger partial charge in [0.2, 0.25) is 5.91 Å². The molecule has 1 saturated heterocycles. The van der Waals surface area contributed by atoms with Gasteiger partial charge in [0.1, 0.15) is 4.21 Å². The molecule has 1 aliphatic rings. The van der Waals surface area contributed by atoms with Crippen molar-refractivity contribution in [3.8, 4) is 0 Å². The molecule has 1 aliphatic heterocycles. The van der Waals surface area contributed by atoms with Crippen molar-refractivity contribution in [3.05, 3.63) is 17.0 Å². The third kappa shape index (κ3) is 4.05. The number of rotatable bonds is 6. The van der Waals surface area contributed by atoms with Crippen molar-refractivity contribution in [1.82, 2.24) is 9.62 Å². The van der Waals surface area contributed by atoms with Crippen LogP contribution in [0.1, 0.15) is 38.0 Å². The molecule has 2 rings (SSSR count). The molecule has 1 N–H and O–H groups in total. The Balaban J connectivity index is 2.02. The van der Waals surface area contributed by atoms with Gasteiger partial charge in [-0.3, -0.25) is 4.79 Å². The highest BCUT2D eigenvalue weighted by molar-refractivity contribution is 7.91. The van der Waals surface area contributed by atoms with Crippen LogP contribution in [0.15, 0.2) is 16.3 Å². The maximum Gasteiger partial charge on any atom is 0.252 e. The van der Waals surface area contributed by atoms with Gasteiger partial charge in [0, 0.05) is 24.0 Å². The topological polar surface area (TPSA) is 66.5 Å². The zero-order valence-corrected chi connectivity index (χ0v) is 14.1. The maximum atomic E-state index is 12.4. The summed E-state index contributed by atoms with van der Waals surface area (Å²) in [5, 5.41) is 2.89. The van der Waals surface area contributed by atoms with E-state index in [1.54, 1.807) is 12.1 Å². The van der Waals surface area contributed by atoms with E-state index >= 15 is 0 Å². The Kier molecular flexibility index (Phi) is 5.40. The van der Waals surface area contributed by atoms with Crippen LogP contribution in [0.25, 0.3) is 0 Å². The smallest absolute Gasteiger partial charge is 0.252 e. The van der Waals surface area contributed by atoms with Crippen molar-refractivity contribution in [2.75, 3.05) is 13.1 Å². The molecular formula is C14H22N2O3S2. The highest BCUT2D eigenvalue weighted by Crippen LogP contribution is 2.27. The standard InChI is InChI=1S/C14H22N2O3S2/c1-3-11(2)15-13(17)10-12-6-7-14(20-12)21(18,19)16-8-4-5-9-16/h6-7,11H,3-5,8-10H2,1-2H3,(H,15,17). The van der Waals surface area contributed by atoms with Crippen molar-refractivity contribution in [2.24, 2.45) is 0 Å². The number of nitrogens with zero attached hydrogens (tertiary/aromatic N) is 1. The van der Waals surface area contributed by atoms with Gasteiger partial charge in [0.25, 0.3) is 10.0 Å². The lowest BCUT2D eigenvalue weighted by Gasteiger charge is -2.13. The minimum Gasteiger partial charge on any atom is -0.353 e. The zero-order chi connectivity index (χ0) is 15.5. The molecule has 1 aromatic rings. The van der Waals surface area contributed by atoms with Gasteiger partial charge in [-0.05, 0) is 38.3 Å². The quantitative estimate of drug-likeness (QED) is 0.867. The SMILES string of the molecule is CCC(C)NC(=O)Cc1ccc(S(=O)(=O)N2CCCC2)s1. The number of thiophene rings is 1. The van der Waals surface area contributed by atoms with Crippen LogP contribution >= 0.6 is 11.3 Å². The second-order valence-corrected chi connectivity index (χ2v) is 8.72. The van der Waals surface area contributed by atoms with E-state index in [0.717, 1.165) is 24.1 Å². The average Bonchev–Trinajstić information content (AvgIpc) is 3.09. The van der Waals surface area contributed by atoms with Crippen molar-refractivity contribution in [1.29, 1.82) is 0 Å². The fourth-order valence-corrected chi connectivity index (χ4v) is 5.26. The lowest BCUT2D eigenvalue weighted by molar-refractivity contribution is -0.121. The van der Waals surface area contributed by atoms with E-state index in [0.29, 0.717) is 17.3 Å². The largest absolute Gasteiger partial charge is 0.353 e. The van der Waals surface area contributed by atoms with Crippen molar-refractivity contribution >= 4 is 27.3 Å². The van der Waals surface area contributed by atoms with Gasteiger partial charge < -0.3 is 5.32 Å². The average molecular weight is 330 g/mol. The third-order valence-corrected chi connectivity index (χ3v) is 7.10. The Morgan fingerprint density at radius 3 is 2.67 bits per heavy atom. The van der Waals surface area contributed by atoms with Crippen LogP contribution < -0.4 is 5.32 Å². The fraction of sp³-hybridized carbons (Fsp3) is 0.643. The van der Waals surface area contributed by atoms with E-state index in [1.807, 2.05) is 13.8 Å². The summed E-state index contributed by atoms with van der Waals surface area (Å²) < 4.78 is 26.7. The molecule has 21 heavy (non-hydrogen) atoms. The molecule has 0 spiro atoms. The summed E-state index contributed by atoms with van der Waals surface area (Å²) in [5.74, 6) is -0.0590. The van der Waals surface area contributed by atoms with Crippen molar-refractivity contribution in [3.63, 3.8) is 0 Å². The second kappa shape index (κ2) is 6.89. The van der Waals surface area contributed by atoms with E-state index in [2.05, 4.69) is 5.32 Å². The van der Waals surface area contributed by atoms with Gasteiger partial charge in [-0.15, -0.1) is 11.3 Å². The Bertz CT molecular complexity index is 589. The summed E-state index contributed by atoms with van der Waals surface area (Å²) in [7, 11) is -3.36. The summed E-state index contributed by atoms with van der Waals surface area (Å²) in [6.07, 6.45) is 2.97. The molecule has 0 radical (unpaired) electrons. The number of amides is 1. The van der Waals surface area contributed by atoms with Crippen LogP contribution in [0.5, 0.6) is 0 Å². The first kappa shape index (κ1) is 16.5. The lowest BCUT2D eigenvalue weighted by Crippen LogP contribution is -2.32. The Morgan fingerprint density at radius 2 is 2.05 bits per heavy atom. The zero-order valence-electron chi connectivity index (χ0n) is 12.5. The first-order valence-corrected chi connectivity index (χ1v) is 9.57. The van der Waals surface area contributed by atoms with Crippen LogP contribution in [0.2, 0.25) is 0 Å². The van der Waals surface area contributed by atoms with E-state index in [4.69, 9.17) is 0 Å². The molecule has 7 heteroatoms. The number of nitrogens with one attached hydrogen (secondary N) is 1. The van der Waals surface area contributed by atoms with Crippen LogP contribution in [0, 0.1) is 0 Å². The molecule has 5 nitrogen and oxygen atoms in total. The van der Waals surface area contributed by atoms with Gasteiger partial charge in [0.15, 0.2) is 0 Å². The number of hydrogen-bond acceptors (Lipinski definition) is 4. The van der Waals surface area contributed by atoms with E-state index in [9.17, 15) is 13.2 Å². The summed E-state index contributed by atoms with van der Waals surface area (Å²) in [5.41, 5.74) is 0. The monoisotopic (exact) mass is 330 g/mol. The Morgan fingerprint density at radius 1 is 1.38 bits per heavy atom. The Labute approximate surface area is 130 Å². The molecule has 1 aromatic heterocycles. The van der Waals surface area contributed by atoms with Gasteiger partial charge >= 0.3 is 0 Å². The molecule has 1 atom stereocenters. The molecule has 0 aliphatic carbocycles. The molecular weight excluding hydrogens is 308 g/mol. The van der Waals surface area contributed by atoms with E-state index in [-0.39, 0.29) is 18.4 Å². The summed E-state index contributed by atoms with van der Waals surface area (Å²) in [6.45, 7) is 5.17. The third-order valence-electron chi connectivity index (χ3n) is 3.65. The number of hydrogen-bond donors (Lipinski definition) is 1. The second-order valence-electron chi connectivity index (χ2n) is 5.39. The predicted molar refractivity (Wildman–Crippen MR) is 83.9 cm³/mol. The minimum atomic E-state index is -3.36. The fourth-order valence-electron chi connectivity index (χ4n) is 2.23. The minimum absolute atomic E-state index is 0.0590. The molecule has 2 heterocycles. The van der Waals surface area contributed by atoms with Gasteiger partial charge in [-0.25, -0.2) is 8.42 Å². The molecule has 0 bridgehead atoms. The van der Waals surface area contributed by atoms with Crippen LogP contribution in [-0.4, -0.2) is 37.8 Å². The van der Waals surface area contributed by atoms with Gasteiger partial charge in [-0.1, -0.05) is 6.92 Å². The lowest BCUT2D eigenvalue weighted by atomic mass is 10.2. The van der Waals surface area contributed by atoms with Crippen LogP contribution in [0.3, 0.4) is 0 Å². The predicted octanol–water partition coefficient (Wildman–Crippen LogP) is 1.99. The number of sulfonamides is 1. The van der Waals surface area contributed by atoms with Gasteiger partial charge in [-0.2, -0.15) is 4.31 Å². The van der Waals surface area contributed by atoms with Crippen molar-refractivity contribution in [2.45, 2.75) is 49.8 Å². The maximum absolute atomic E-state index is 12.4. The van der Waals surface area contributed by atoms with E-state index < -0.39 is 10.0 Å². The normalized spacial score (nSPS) is 17.8. The molecule has 0 saturated carbocycles. The summed E-state index contributed by atoms with van der Waals surface area (Å²) >= 11 is 1.20. The molecule has 1 fully saturated rings. The molecule has 1 amide bonds. The Hall–Kier alpha value is -0.920. The first-order valence-electron chi connectivity index (χ1n) is 7.31. The number of carbonyl (C=O) groups is 1. The highest BCUT2D eigenvalue weighted by Gasteiger charge is 2.28. The van der Waals surface area contributed by atoms with Crippen LogP contribution in [-0.2, 0) is 21.2 Å². The molecule has 118 valence electrons. The first-order chi connectivity index (χ1) is 9.93. The van der Waals surface area contributed by atoms with Crippen LogP contribution in [0.4, 0.5) is 0 Å². The number of carbonyl (C=O) groups excluding carboxylic acids is 1. The van der Waals surface area contributed by atoms with Gasteiger partial charge in [0.05, 0.1) is 6.42 Å². The highest BCUT2D eigenvalue weighted by atomic mass is 32.2. The molecule has 1 unspecified atom stereocenters. The summed E-state index contributed by atoms with van der Waals surface area (Å²) in [4.78, 5) is 12.6. The van der Waals surface area contributed by atoms with E-state index in [1.165, 1.54) is 15.6 Å². The van der Waals surface area contributed by atoms with Crippen molar-refractivity contribution < 1.29 is 13.2 Å². The summed E-state index contributed by atoms with van der Waals surface area (Å²) in [6, 6.07) is 3.50. The molecule has 0 aromatic carbocycles.